The van der Waals surface area contributed by atoms with Gasteiger partial charge in [-0.05, 0) is 0 Å². The van der Waals surface area contributed by atoms with Gasteiger partial charge in [-0.2, -0.15) is 16.8 Å². The first-order valence-electron chi connectivity index (χ1n) is 6.35. The van der Waals surface area contributed by atoms with E-state index in [0.717, 1.165) is 12.5 Å². The van der Waals surface area contributed by atoms with Crippen LogP contribution in [0.15, 0.2) is 0 Å². The maximum absolute atomic E-state index is 10.9. The molecule has 2 rings (SSSR count). The van der Waals surface area contributed by atoms with E-state index in [1.807, 2.05) is 0 Å². The number of fused-ring (bicyclic) bond motifs is 1. The third-order valence-electron chi connectivity index (χ3n) is 2.80. The molecule has 0 N–H and O–H groups in total. The Morgan fingerprint density at radius 1 is 0.818 bits per heavy atom. The Labute approximate surface area is 128 Å². The fourth-order valence-corrected chi connectivity index (χ4v) is 2.59. The van der Waals surface area contributed by atoms with Gasteiger partial charge in [-0.25, -0.2) is 0 Å². The molecule has 0 amide bonds. The molecule has 22 heavy (non-hydrogen) atoms. The summed E-state index contributed by atoms with van der Waals surface area (Å²) in [5, 5.41) is 0. The van der Waals surface area contributed by atoms with Crippen molar-refractivity contribution in [1.82, 2.24) is 0 Å². The Bertz CT molecular complexity index is 519. The van der Waals surface area contributed by atoms with Crippen LogP contribution in [0, 0.1) is 0 Å². The molecule has 0 radical (unpaired) electrons. The number of hydrogen-bond acceptors (Lipinski definition) is 10. The average Bonchev–Trinajstić information content (AvgIpc) is 2.41. The van der Waals surface area contributed by atoms with E-state index in [-0.39, 0.29) is 26.4 Å². The van der Waals surface area contributed by atoms with Gasteiger partial charge in [-0.15, -0.1) is 0 Å². The summed E-state index contributed by atoms with van der Waals surface area (Å²) in [4.78, 5) is 0. The van der Waals surface area contributed by atoms with E-state index in [9.17, 15) is 16.8 Å². The molecular weight excluding hydrogens is 344 g/mol. The Morgan fingerprint density at radius 3 is 1.50 bits per heavy atom. The van der Waals surface area contributed by atoms with Gasteiger partial charge in [-0.1, -0.05) is 0 Å². The first-order valence-corrected chi connectivity index (χ1v) is 9.98. The van der Waals surface area contributed by atoms with Crippen LogP contribution >= 0.6 is 0 Å². The van der Waals surface area contributed by atoms with Crippen molar-refractivity contribution in [3.8, 4) is 0 Å². The van der Waals surface area contributed by atoms with Gasteiger partial charge in [-0.3, -0.25) is 8.37 Å². The van der Waals surface area contributed by atoms with E-state index in [4.69, 9.17) is 18.9 Å². The van der Waals surface area contributed by atoms with Gasteiger partial charge in [0.1, 0.15) is 25.4 Å². The molecule has 0 aromatic heterocycles. The summed E-state index contributed by atoms with van der Waals surface area (Å²) < 4.78 is 74.3. The molecule has 2 heterocycles. The minimum atomic E-state index is -3.58. The standard InChI is InChI=1S/C10H18O10S2/c1-21(11,12)17-5-9-15-3-8-7(19-9)4-16-10(20-8)6-18-22(2,13)14/h7-10H,3-6H2,1-2H3/t7-,8-,9+,10+/m0/s1. The zero-order valence-electron chi connectivity index (χ0n) is 12.0. The second-order valence-electron chi connectivity index (χ2n) is 4.85. The van der Waals surface area contributed by atoms with Crippen molar-refractivity contribution in [3.63, 3.8) is 0 Å². The molecule has 2 fully saturated rings. The van der Waals surface area contributed by atoms with Crippen molar-refractivity contribution >= 4 is 20.2 Å². The second kappa shape index (κ2) is 7.05. The van der Waals surface area contributed by atoms with Crippen LogP contribution in [0.3, 0.4) is 0 Å². The number of hydrogen-bond donors (Lipinski definition) is 0. The molecule has 0 aliphatic carbocycles. The van der Waals surface area contributed by atoms with E-state index < -0.39 is 45.0 Å². The maximum atomic E-state index is 10.9. The SMILES string of the molecule is CS(=O)(=O)OC[C@@H]1OC[C@@H]2O[C@H](COS(C)(=O)=O)OC[C@@H]2O1. The van der Waals surface area contributed by atoms with Crippen LogP contribution < -0.4 is 0 Å². The van der Waals surface area contributed by atoms with Crippen LogP contribution in [0.25, 0.3) is 0 Å². The Morgan fingerprint density at radius 2 is 1.18 bits per heavy atom. The highest BCUT2D eigenvalue weighted by Gasteiger charge is 2.39. The highest BCUT2D eigenvalue weighted by atomic mass is 32.2. The summed E-state index contributed by atoms with van der Waals surface area (Å²) in [6.45, 7) is -0.242. The largest absolute Gasteiger partial charge is 0.347 e. The van der Waals surface area contributed by atoms with Crippen molar-refractivity contribution < 1.29 is 44.1 Å². The van der Waals surface area contributed by atoms with Gasteiger partial charge in [0.15, 0.2) is 12.6 Å². The second-order valence-corrected chi connectivity index (χ2v) is 8.14. The van der Waals surface area contributed by atoms with E-state index in [1.54, 1.807) is 0 Å². The Balaban J connectivity index is 1.78. The summed E-state index contributed by atoms with van der Waals surface area (Å²) in [5.74, 6) is 0. The maximum Gasteiger partial charge on any atom is 0.264 e. The lowest BCUT2D eigenvalue weighted by Gasteiger charge is -2.41. The molecule has 0 bridgehead atoms. The quantitative estimate of drug-likeness (QED) is 0.511. The molecule has 2 aliphatic rings. The molecule has 0 saturated carbocycles. The summed E-state index contributed by atoms with van der Waals surface area (Å²) in [6, 6.07) is 0. The normalized spacial score (nSPS) is 33.4. The molecule has 10 nitrogen and oxygen atoms in total. The van der Waals surface area contributed by atoms with Crippen LogP contribution in [-0.4, -0.2) is 80.6 Å². The predicted octanol–water partition coefficient (Wildman–Crippen LogP) is -1.58. The molecule has 0 aromatic rings. The monoisotopic (exact) mass is 362 g/mol. The number of ether oxygens (including phenoxy) is 4. The van der Waals surface area contributed by atoms with Crippen LogP contribution in [0.4, 0.5) is 0 Å². The van der Waals surface area contributed by atoms with E-state index in [0.29, 0.717) is 0 Å². The van der Waals surface area contributed by atoms with Crippen LogP contribution in [0.1, 0.15) is 0 Å². The third kappa shape index (κ3) is 6.04. The molecule has 130 valence electrons. The smallest absolute Gasteiger partial charge is 0.264 e. The molecule has 0 spiro atoms. The van der Waals surface area contributed by atoms with Crippen molar-refractivity contribution in [3.05, 3.63) is 0 Å². The minimum absolute atomic E-state index is 0.140. The van der Waals surface area contributed by atoms with Crippen molar-refractivity contribution in [2.24, 2.45) is 0 Å². The van der Waals surface area contributed by atoms with Gasteiger partial charge in [0.25, 0.3) is 20.2 Å². The van der Waals surface area contributed by atoms with E-state index >= 15 is 0 Å². The molecule has 4 atom stereocenters. The molecule has 12 heteroatoms. The summed E-state index contributed by atoms with van der Waals surface area (Å²) in [5.41, 5.74) is 0. The molecular formula is C10H18O10S2. The average molecular weight is 362 g/mol. The first kappa shape index (κ1) is 18.0. The van der Waals surface area contributed by atoms with Gasteiger partial charge < -0.3 is 18.9 Å². The zero-order chi connectivity index (χ0) is 16.4. The molecule has 2 saturated heterocycles. The highest BCUT2D eigenvalue weighted by molar-refractivity contribution is 7.86. The van der Waals surface area contributed by atoms with Crippen molar-refractivity contribution in [2.45, 2.75) is 24.8 Å². The van der Waals surface area contributed by atoms with E-state index in [1.165, 1.54) is 0 Å². The predicted molar refractivity (Wildman–Crippen MR) is 70.8 cm³/mol. The topological polar surface area (TPSA) is 124 Å². The highest BCUT2D eigenvalue weighted by Crippen LogP contribution is 2.23. The van der Waals surface area contributed by atoms with Crippen LogP contribution in [-0.2, 0) is 47.5 Å². The summed E-state index contributed by atoms with van der Waals surface area (Å²) in [7, 11) is -7.16. The molecule has 0 unspecified atom stereocenters. The van der Waals surface area contributed by atoms with Crippen LogP contribution in [0.5, 0.6) is 0 Å². The third-order valence-corrected chi connectivity index (χ3v) is 3.93. The number of rotatable bonds is 6. The van der Waals surface area contributed by atoms with Gasteiger partial charge in [0.2, 0.25) is 0 Å². The summed E-state index contributed by atoms with van der Waals surface area (Å²) >= 11 is 0. The first-order chi connectivity index (χ1) is 10.1. The lowest BCUT2D eigenvalue weighted by Crippen LogP contribution is -2.54. The lowest BCUT2D eigenvalue weighted by molar-refractivity contribution is -0.341. The fraction of sp³-hybridized carbons (Fsp3) is 1.00. The Hall–Kier alpha value is -0.340. The minimum Gasteiger partial charge on any atom is -0.347 e. The van der Waals surface area contributed by atoms with Gasteiger partial charge in [0.05, 0.1) is 25.7 Å². The summed E-state index contributed by atoms with van der Waals surface area (Å²) in [6.07, 6.45) is -0.748. The van der Waals surface area contributed by atoms with Crippen LogP contribution in [0.2, 0.25) is 0 Å². The van der Waals surface area contributed by atoms with Gasteiger partial charge >= 0.3 is 0 Å². The Kier molecular flexibility index (Phi) is 5.77. The van der Waals surface area contributed by atoms with Crippen molar-refractivity contribution in [2.75, 3.05) is 38.9 Å². The van der Waals surface area contributed by atoms with Crippen molar-refractivity contribution in [1.29, 1.82) is 0 Å². The molecule has 2 aliphatic heterocycles. The van der Waals surface area contributed by atoms with Gasteiger partial charge in [0, 0.05) is 0 Å². The fourth-order valence-electron chi connectivity index (χ4n) is 1.87. The lowest BCUT2D eigenvalue weighted by atomic mass is 10.2. The van der Waals surface area contributed by atoms with E-state index in [2.05, 4.69) is 8.37 Å². The molecule has 0 aromatic carbocycles. The zero-order valence-corrected chi connectivity index (χ0v) is 13.7.